The summed E-state index contributed by atoms with van der Waals surface area (Å²) in [5.41, 5.74) is 1.97. The normalized spacial score (nSPS) is 12.2. The molecule has 0 fully saturated rings. The molecular weight excluding hydrogens is 723 g/mol. The fourth-order valence-corrected chi connectivity index (χ4v) is 0.750. The van der Waals surface area contributed by atoms with Gasteiger partial charge in [-0.25, -0.2) is 4.39 Å². The predicted molar refractivity (Wildman–Crippen MR) is 258 cm³/mol. The summed E-state index contributed by atoms with van der Waals surface area (Å²) >= 11 is 8.91. The minimum Gasteiger partial charge on any atom is -0.245 e. The molecule has 0 aromatic heterocycles. The average Bonchev–Trinajstić information content (AvgIpc) is 2.66. The van der Waals surface area contributed by atoms with Crippen LogP contribution in [-0.2, 0) is 0 Å². The highest BCUT2D eigenvalue weighted by atomic mass is 79.9. The summed E-state index contributed by atoms with van der Waals surface area (Å²) in [7, 11) is 0. The largest absolute Gasteiger partial charge is 0.245 e. The van der Waals surface area contributed by atoms with Crippen molar-refractivity contribution in [2.75, 3.05) is 0 Å². The summed E-state index contributed by atoms with van der Waals surface area (Å²) in [6.07, 6.45) is 3.92. The highest BCUT2D eigenvalue weighted by Crippen LogP contribution is 2.36. The van der Waals surface area contributed by atoms with Gasteiger partial charge in [-0.15, -0.1) is 11.6 Å². The molecule has 0 aliphatic rings. The third kappa shape index (κ3) is 243. The Morgan fingerprint density at radius 2 is 0.596 bits per heavy atom. The molecule has 0 saturated carbocycles. The van der Waals surface area contributed by atoms with Gasteiger partial charge in [-0.3, -0.25) is 0 Å². The predicted octanol–water partition coefficient (Wildman–Crippen LogP) is 20.7. The van der Waals surface area contributed by atoms with Gasteiger partial charge in [-0.05, 0) is 92.3 Å². The lowest BCUT2D eigenvalue weighted by atomic mass is 9.71. The Kier molecular flexibility index (Phi) is 46.5. The quantitative estimate of drug-likeness (QED) is 0.231. The van der Waals surface area contributed by atoms with E-state index >= 15 is 0 Å². The molecule has 0 spiro atoms. The van der Waals surface area contributed by atoms with Gasteiger partial charge < -0.3 is 0 Å². The van der Waals surface area contributed by atoms with Crippen molar-refractivity contribution in [2.24, 2.45) is 44.3 Å². The summed E-state index contributed by atoms with van der Waals surface area (Å²) in [6, 6.07) is 0. The summed E-state index contributed by atoms with van der Waals surface area (Å²) in [4.78, 5) is -0.0278. The van der Waals surface area contributed by atoms with E-state index in [1.165, 1.54) is 40.0 Å². The van der Waals surface area contributed by atoms with Gasteiger partial charge in [-0.2, -0.15) is 0 Å². The zero-order valence-electron chi connectivity index (χ0n) is 43.9. The first-order valence-corrected chi connectivity index (χ1v) is 21.8. The average molecular weight is 837 g/mol. The molecule has 0 aromatic rings. The molecule has 0 saturated heterocycles. The van der Waals surface area contributed by atoms with Crippen LogP contribution in [0.15, 0.2) is 0 Å². The van der Waals surface area contributed by atoms with Gasteiger partial charge in [-0.1, -0.05) is 230 Å². The van der Waals surface area contributed by atoms with Crippen molar-refractivity contribution in [3.8, 4) is 0 Å². The first-order valence-electron chi connectivity index (χ1n) is 20.6. The topological polar surface area (TPSA) is 0 Å². The van der Waals surface area contributed by atoms with Crippen LogP contribution < -0.4 is 0 Å². The maximum atomic E-state index is 11.7. The van der Waals surface area contributed by atoms with Crippen molar-refractivity contribution in [1.29, 1.82) is 0 Å². The van der Waals surface area contributed by atoms with Gasteiger partial charge in [0.15, 0.2) is 0 Å². The molecule has 0 aliphatic heterocycles. The van der Waals surface area contributed by atoms with Gasteiger partial charge in [0.25, 0.3) is 0 Å². The first kappa shape index (κ1) is 73.8. The Balaban J connectivity index is -0.0000000576. The van der Waals surface area contributed by atoms with E-state index < -0.39 is 5.67 Å². The SMILES string of the molecule is CC(C)(C)Br.CC(C)(C)C.CC(C)(C)C(C)(C)C.CC(C)(C)Cl.CC(C)(C)F.CC(C)C.CC(C)C(C)(C)C.CCC(C)(C)C.CCCC(C)(C)C. The van der Waals surface area contributed by atoms with E-state index in [1.807, 2.05) is 20.8 Å². The summed E-state index contributed by atoms with van der Waals surface area (Å²) in [6.45, 7) is 74.9. The molecule has 0 atom stereocenters. The van der Waals surface area contributed by atoms with E-state index in [-0.39, 0.29) is 4.87 Å². The van der Waals surface area contributed by atoms with Crippen LogP contribution >= 0.6 is 27.5 Å². The fourth-order valence-electron chi connectivity index (χ4n) is 0.750. The number of hydrogen-bond acceptors (Lipinski definition) is 0. The van der Waals surface area contributed by atoms with Crippen molar-refractivity contribution in [1.82, 2.24) is 0 Å². The second kappa shape index (κ2) is 32.8. The van der Waals surface area contributed by atoms with E-state index in [1.54, 1.807) is 0 Å². The van der Waals surface area contributed by atoms with Gasteiger partial charge >= 0.3 is 0 Å². The molecule has 0 radical (unpaired) electrons. The Morgan fingerprint density at radius 1 is 0.481 bits per heavy atom. The molecular formula is C49H113BrClF. The molecule has 0 N–H and O–H groups in total. The fraction of sp³-hybridized carbons (Fsp3) is 1.00. The second-order valence-corrected chi connectivity index (χ2v) is 28.7. The molecule has 0 amide bonds. The van der Waals surface area contributed by atoms with Gasteiger partial charge in [0.2, 0.25) is 0 Å². The van der Waals surface area contributed by atoms with Crippen LogP contribution in [0.3, 0.4) is 0 Å². The Morgan fingerprint density at radius 3 is 0.596 bits per heavy atom. The van der Waals surface area contributed by atoms with Crippen molar-refractivity contribution in [3.63, 3.8) is 0 Å². The van der Waals surface area contributed by atoms with Crippen molar-refractivity contribution in [3.05, 3.63) is 0 Å². The summed E-state index contributed by atoms with van der Waals surface area (Å²) < 4.78 is 12.0. The standard InChI is InChI=1S/C8H18.2C7H16.C6H14.C5H12.C4H9Br.C4H9Cl.C4H9F.C4H10/c1-7(2,3)8(4,5)6;1-6(2)7(3,4)5;1-5-6-7(2,3)4;1-5-6(2,3)4;1-5(2,3)4;3*1-4(2,3)5;1-4(2)3/h1-6H3;6H,1-5H3;5-6H2,1-4H3;5H2,1-4H3;1-4H3;3*1-3H3;4H,1-3H3. The Labute approximate surface area is 351 Å². The smallest absolute Gasteiger partial charge is 0.102 e. The van der Waals surface area contributed by atoms with Crippen molar-refractivity contribution >= 4 is 27.5 Å². The monoisotopic (exact) mass is 835 g/mol. The Hall–Kier alpha value is 0.700. The third-order valence-electron chi connectivity index (χ3n) is 6.04. The maximum Gasteiger partial charge on any atom is 0.102 e. The van der Waals surface area contributed by atoms with E-state index in [9.17, 15) is 4.39 Å². The van der Waals surface area contributed by atoms with Crippen LogP contribution in [0.4, 0.5) is 4.39 Å². The molecule has 0 bridgehead atoms. The lowest BCUT2D eigenvalue weighted by Crippen LogP contribution is -2.25. The molecule has 0 heterocycles. The molecule has 3 heteroatoms. The molecule has 0 nitrogen and oxygen atoms in total. The van der Waals surface area contributed by atoms with Crippen molar-refractivity contribution < 1.29 is 4.39 Å². The van der Waals surface area contributed by atoms with Crippen LogP contribution in [0.25, 0.3) is 0 Å². The highest BCUT2D eigenvalue weighted by Gasteiger charge is 2.26. The molecule has 330 valence electrons. The number of hydrogen-bond donors (Lipinski definition) is 0. The number of halogens is 3. The van der Waals surface area contributed by atoms with Gasteiger partial charge in [0.1, 0.15) is 5.67 Å². The van der Waals surface area contributed by atoms with Crippen LogP contribution in [0.2, 0.25) is 0 Å². The molecule has 0 aliphatic carbocycles. The Bertz CT molecular complexity index is 598. The second-order valence-electron chi connectivity index (χ2n) is 25.2. The van der Waals surface area contributed by atoms with Crippen LogP contribution in [0.1, 0.15) is 262 Å². The van der Waals surface area contributed by atoms with E-state index in [4.69, 9.17) is 11.6 Å². The third-order valence-corrected chi connectivity index (χ3v) is 6.04. The van der Waals surface area contributed by atoms with E-state index in [0.717, 1.165) is 11.8 Å². The first-order chi connectivity index (χ1) is 21.5. The zero-order chi connectivity index (χ0) is 45.8. The van der Waals surface area contributed by atoms with Crippen molar-refractivity contribution in [2.45, 2.75) is 276 Å². The van der Waals surface area contributed by atoms with Gasteiger partial charge in [0, 0.05) is 9.20 Å². The lowest BCUT2D eigenvalue weighted by molar-refractivity contribution is 0.157. The van der Waals surface area contributed by atoms with Crippen LogP contribution in [0.5, 0.6) is 0 Å². The minimum atomic E-state index is -1.00. The lowest BCUT2D eigenvalue weighted by Gasteiger charge is -2.34. The molecule has 0 aromatic carbocycles. The number of rotatable bonds is 1. The minimum absolute atomic E-state index is 0.0278. The molecule has 0 rings (SSSR count). The number of alkyl halides is 3. The summed E-state index contributed by atoms with van der Waals surface area (Å²) in [5.74, 6) is 1.63. The zero-order valence-corrected chi connectivity index (χ0v) is 46.3. The maximum absolute atomic E-state index is 11.7. The van der Waals surface area contributed by atoms with Crippen LogP contribution in [-0.4, -0.2) is 14.9 Å². The molecule has 52 heavy (non-hydrogen) atoms. The van der Waals surface area contributed by atoms with E-state index in [2.05, 4.69) is 217 Å². The van der Waals surface area contributed by atoms with E-state index in [0.29, 0.717) is 36.8 Å². The highest BCUT2D eigenvalue weighted by molar-refractivity contribution is 9.10. The summed E-state index contributed by atoms with van der Waals surface area (Å²) in [5, 5.41) is 0. The molecule has 0 unspecified atom stereocenters. The van der Waals surface area contributed by atoms with Gasteiger partial charge in [0.05, 0.1) is 0 Å². The van der Waals surface area contributed by atoms with Crippen LogP contribution in [0, 0.1) is 44.3 Å².